The van der Waals surface area contributed by atoms with Gasteiger partial charge in [-0.1, -0.05) is 13.8 Å². The van der Waals surface area contributed by atoms with Gasteiger partial charge >= 0.3 is 0 Å². The van der Waals surface area contributed by atoms with Crippen LogP contribution in [0.4, 0.5) is 0 Å². The molecule has 0 radical (unpaired) electrons. The number of hydrogen-bond donors (Lipinski definition) is 3. The smallest absolute Gasteiger partial charge is 0.277 e. The summed E-state index contributed by atoms with van der Waals surface area (Å²) in [6, 6.07) is 0.153. The summed E-state index contributed by atoms with van der Waals surface area (Å²) in [4.78, 5) is 24.0. The van der Waals surface area contributed by atoms with Crippen molar-refractivity contribution in [2.24, 2.45) is 0 Å². The van der Waals surface area contributed by atoms with Crippen LogP contribution in [0.5, 0.6) is 0 Å². The van der Waals surface area contributed by atoms with Crippen molar-refractivity contribution in [1.82, 2.24) is 20.8 Å². The molecule has 19 heavy (non-hydrogen) atoms. The van der Waals surface area contributed by atoms with Crippen molar-refractivity contribution in [3.05, 3.63) is 27.2 Å². The van der Waals surface area contributed by atoms with E-state index < -0.39 is 5.56 Å². The number of aromatic nitrogens is 2. The molecule has 0 saturated heterocycles. The number of aryl methyl sites for hydroxylation is 1. The maximum Gasteiger partial charge on any atom is 0.277 e. The number of rotatable bonds is 6. The third-order valence-electron chi connectivity index (χ3n) is 3.15. The molecular weight excluding hydrogens is 244 g/mol. The summed E-state index contributed by atoms with van der Waals surface area (Å²) >= 11 is 0. The van der Waals surface area contributed by atoms with Crippen LogP contribution in [-0.2, 0) is 12.8 Å². The molecule has 0 aliphatic rings. The summed E-state index contributed by atoms with van der Waals surface area (Å²) in [7, 11) is 1.82. The minimum atomic E-state index is -0.427. The Labute approximate surface area is 113 Å². The second kappa shape index (κ2) is 7.04. The van der Waals surface area contributed by atoms with Crippen LogP contribution in [0.1, 0.15) is 42.4 Å². The zero-order valence-corrected chi connectivity index (χ0v) is 12.0. The van der Waals surface area contributed by atoms with Crippen molar-refractivity contribution < 1.29 is 4.79 Å². The maximum absolute atomic E-state index is 12.1. The predicted octanol–water partition coefficient (Wildman–Crippen LogP) is 0.232. The molecule has 1 aromatic heterocycles. The fourth-order valence-corrected chi connectivity index (χ4v) is 1.87. The monoisotopic (exact) mass is 266 g/mol. The van der Waals surface area contributed by atoms with Crippen molar-refractivity contribution >= 4 is 5.91 Å². The number of amides is 1. The van der Waals surface area contributed by atoms with Crippen LogP contribution in [0.3, 0.4) is 0 Å². The van der Waals surface area contributed by atoms with Gasteiger partial charge in [-0.3, -0.25) is 9.59 Å². The number of likely N-dealkylation sites (N-methyl/N-ethyl adjacent to an activating group) is 1. The zero-order chi connectivity index (χ0) is 14.4. The number of carbonyl (C=O) groups excluding carboxylic acids is 1. The molecule has 1 aromatic rings. The zero-order valence-electron chi connectivity index (χ0n) is 12.0. The average molecular weight is 266 g/mol. The number of aromatic amines is 1. The van der Waals surface area contributed by atoms with Crippen LogP contribution in [0.15, 0.2) is 4.79 Å². The molecule has 1 heterocycles. The third kappa shape index (κ3) is 3.64. The Morgan fingerprint density at radius 1 is 1.37 bits per heavy atom. The van der Waals surface area contributed by atoms with Crippen LogP contribution in [0.2, 0.25) is 0 Å². The highest BCUT2D eigenvalue weighted by molar-refractivity contribution is 5.95. The molecule has 0 aliphatic carbocycles. The number of H-pyrrole nitrogens is 1. The Kier molecular flexibility index (Phi) is 5.69. The molecule has 0 aliphatic heterocycles. The van der Waals surface area contributed by atoms with Gasteiger partial charge in [-0.25, -0.2) is 5.10 Å². The quantitative estimate of drug-likeness (QED) is 0.688. The molecular formula is C13H22N4O2. The maximum atomic E-state index is 12.1. The first-order valence-electron chi connectivity index (χ1n) is 6.60. The van der Waals surface area contributed by atoms with Crippen molar-refractivity contribution in [1.29, 1.82) is 0 Å². The molecule has 0 saturated carbocycles. The third-order valence-corrected chi connectivity index (χ3v) is 3.15. The fourth-order valence-electron chi connectivity index (χ4n) is 1.87. The summed E-state index contributed by atoms with van der Waals surface area (Å²) < 4.78 is 0. The lowest BCUT2D eigenvalue weighted by Crippen LogP contribution is -2.40. The standard InChI is InChI=1S/C13H22N4O2/c1-5-9-10(6-2)16-17-13(19)11(9)12(18)15-7-8(3)14-4/h8,14H,5-7H2,1-4H3,(H,15,18)(H,17,19). The Morgan fingerprint density at radius 3 is 2.58 bits per heavy atom. The van der Waals surface area contributed by atoms with Gasteiger partial charge in [-0.2, -0.15) is 5.10 Å². The van der Waals surface area contributed by atoms with Crippen molar-refractivity contribution in [2.45, 2.75) is 39.7 Å². The van der Waals surface area contributed by atoms with Crippen molar-refractivity contribution in [2.75, 3.05) is 13.6 Å². The lowest BCUT2D eigenvalue weighted by molar-refractivity contribution is 0.0947. The average Bonchev–Trinajstić information content (AvgIpc) is 2.43. The second-order valence-corrected chi connectivity index (χ2v) is 4.46. The Bertz CT molecular complexity index is 496. The van der Waals surface area contributed by atoms with Crippen LogP contribution >= 0.6 is 0 Å². The molecule has 0 aromatic carbocycles. The van der Waals surface area contributed by atoms with Gasteiger partial charge in [0.05, 0.1) is 5.69 Å². The van der Waals surface area contributed by atoms with Crippen LogP contribution in [-0.4, -0.2) is 35.7 Å². The van der Waals surface area contributed by atoms with Gasteiger partial charge in [0.25, 0.3) is 11.5 Å². The van der Waals surface area contributed by atoms with E-state index in [1.807, 2.05) is 27.8 Å². The highest BCUT2D eigenvalue weighted by Crippen LogP contribution is 2.09. The molecule has 6 heteroatoms. The minimum absolute atomic E-state index is 0.153. The first kappa shape index (κ1) is 15.4. The van der Waals surface area contributed by atoms with Gasteiger partial charge in [0.2, 0.25) is 0 Å². The van der Waals surface area contributed by atoms with Crippen LogP contribution < -0.4 is 16.2 Å². The number of hydrogen-bond acceptors (Lipinski definition) is 4. The SMILES string of the molecule is CCc1n[nH]c(=O)c(C(=O)NCC(C)NC)c1CC. The van der Waals surface area contributed by atoms with Crippen molar-refractivity contribution in [3.8, 4) is 0 Å². The molecule has 6 nitrogen and oxygen atoms in total. The fraction of sp³-hybridized carbons (Fsp3) is 0.615. The summed E-state index contributed by atoms with van der Waals surface area (Å²) in [5, 5.41) is 12.2. The summed E-state index contributed by atoms with van der Waals surface area (Å²) in [6.07, 6.45) is 1.30. The van der Waals surface area contributed by atoms with E-state index in [-0.39, 0.29) is 17.5 Å². The van der Waals surface area contributed by atoms with Gasteiger partial charge in [-0.05, 0) is 32.4 Å². The first-order chi connectivity index (χ1) is 9.04. The van der Waals surface area contributed by atoms with Crippen molar-refractivity contribution in [3.63, 3.8) is 0 Å². The van der Waals surface area contributed by atoms with E-state index in [1.54, 1.807) is 0 Å². The van der Waals surface area contributed by atoms with Gasteiger partial charge in [0.1, 0.15) is 5.56 Å². The number of nitrogens with one attached hydrogen (secondary N) is 3. The van der Waals surface area contributed by atoms with Crippen LogP contribution in [0, 0.1) is 0 Å². The van der Waals surface area contributed by atoms with E-state index in [0.717, 1.165) is 11.3 Å². The van der Waals surface area contributed by atoms with Gasteiger partial charge in [0, 0.05) is 12.6 Å². The second-order valence-electron chi connectivity index (χ2n) is 4.46. The molecule has 0 fully saturated rings. The molecule has 3 N–H and O–H groups in total. The summed E-state index contributed by atoms with van der Waals surface area (Å²) in [6.45, 7) is 6.30. The normalized spacial score (nSPS) is 12.2. The van der Waals surface area contributed by atoms with Crippen LogP contribution in [0.25, 0.3) is 0 Å². The van der Waals surface area contributed by atoms with Gasteiger partial charge < -0.3 is 10.6 Å². The predicted molar refractivity (Wildman–Crippen MR) is 74.5 cm³/mol. The minimum Gasteiger partial charge on any atom is -0.350 e. The molecule has 1 rings (SSSR count). The summed E-state index contributed by atoms with van der Waals surface area (Å²) in [5.74, 6) is -0.336. The van der Waals surface area contributed by atoms with E-state index in [4.69, 9.17) is 0 Å². The topological polar surface area (TPSA) is 86.9 Å². The lowest BCUT2D eigenvalue weighted by atomic mass is 10.0. The van der Waals surface area contributed by atoms with E-state index in [9.17, 15) is 9.59 Å². The Morgan fingerprint density at radius 2 is 2.05 bits per heavy atom. The molecule has 1 atom stereocenters. The summed E-state index contributed by atoms with van der Waals surface area (Å²) in [5.41, 5.74) is 1.27. The van der Waals surface area contributed by atoms with E-state index in [0.29, 0.717) is 19.4 Å². The highest BCUT2D eigenvalue weighted by Gasteiger charge is 2.18. The Balaban J connectivity index is 3.04. The van der Waals surface area contributed by atoms with E-state index in [1.165, 1.54) is 0 Å². The highest BCUT2D eigenvalue weighted by atomic mass is 16.2. The largest absolute Gasteiger partial charge is 0.350 e. The molecule has 0 bridgehead atoms. The van der Waals surface area contributed by atoms with Gasteiger partial charge in [0.15, 0.2) is 0 Å². The molecule has 0 spiro atoms. The van der Waals surface area contributed by atoms with E-state index >= 15 is 0 Å². The van der Waals surface area contributed by atoms with Gasteiger partial charge in [-0.15, -0.1) is 0 Å². The lowest BCUT2D eigenvalue weighted by Gasteiger charge is -2.13. The molecule has 1 unspecified atom stereocenters. The molecule has 1 amide bonds. The molecule has 106 valence electrons. The first-order valence-corrected chi connectivity index (χ1v) is 6.60. The van der Waals surface area contributed by atoms with E-state index in [2.05, 4.69) is 20.8 Å². The number of nitrogens with zero attached hydrogens (tertiary/aromatic N) is 1. The number of carbonyl (C=O) groups is 1. The Hall–Kier alpha value is -1.69.